The highest BCUT2D eigenvalue weighted by Gasteiger charge is 2.04. The molecule has 1 aromatic heterocycles. The monoisotopic (exact) mass is 471 g/mol. The van der Waals surface area contributed by atoms with E-state index in [1.807, 2.05) is 44.3 Å². The number of nitrogens with zero attached hydrogens (tertiary/aromatic N) is 4. The highest BCUT2D eigenvalue weighted by Crippen LogP contribution is 1.97. The van der Waals surface area contributed by atoms with Crippen molar-refractivity contribution in [3.8, 4) is 0 Å². The Bertz CT molecular complexity index is 687. The van der Waals surface area contributed by atoms with Crippen LogP contribution < -0.4 is 16.0 Å². The standard InChI is InChI=1S/C17H25N7O.HI/c1-3-18-17(21-12-15-22-13-23-24(15)2)19-10-9-16(25)20-11-14-7-5-4-6-8-14;/h4-8,13H,3,9-12H2,1-2H3,(H,20,25)(H2,18,19,21);1H. The van der Waals surface area contributed by atoms with Gasteiger partial charge in [0.05, 0.1) is 0 Å². The van der Waals surface area contributed by atoms with E-state index in [0.29, 0.717) is 32.0 Å². The average Bonchev–Trinajstić information content (AvgIpc) is 3.04. The third kappa shape index (κ3) is 7.81. The first-order valence-corrected chi connectivity index (χ1v) is 8.34. The number of nitrogens with one attached hydrogen (secondary N) is 3. The summed E-state index contributed by atoms with van der Waals surface area (Å²) in [6, 6.07) is 9.85. The molecule has 1 heterocycles. The molecule has 3 N–H and O–H groups in total. The number of amides is 1. The Balaban J connectivity index is 0.00000338. The normalized spacial score (nSPS) is 10.8. The Hall–Kier alpha value is -2.17. The smallest absolute Gasteiger partial charge is 0.222 e. The zero-order valence-corrected chi connectivity index (χ0v) is 17.4. The second-order valence-electron chi connectivity index (χ2n) is 5.43. The summed E-state index contributed by atoms with van der Waals surface area (Å²) in [6.07, 6.45) is 1.88. The van der Waals surface area contributed by atoms with Crippen LogP contribution in [0.15, 0.2) is 41.7 Å². The Morgan fingerprint density at radius 2 is 1.96 bits per heavy atom. The van der Waals surface area contributed by atoms with Gasteiger partial charge in [-0.05, 0) is 12.5 Å². The van der Waals surface area contributed by atoms with Crippen LogP contribution in [0.25, 0.3) is 0 Å². The SMILES string of the molecule is CCNC(=NCc1ncnn1C)NCCC(=O)NCc1ccccc1.I. The predicted octanol–water partition coefficient (Wildman–Crippen LogP) is 1.19. The molecule has 0 fully saturated rings. The van der Waals surface area contributed by atoms with E-state index in [9.17, 15) is 4.79 Å². The third-order valence-electron chi connectivity index (χ3n) is 3.50. The Labute approximate surface area is 170 Å². The van der Waals surface area contributed by atoms with Crippen LogP contribution >= 0.6 is 24.0 Å². The van der Waals surface area contributed by atoms with Gasteiger partial charge in [-0.1, -0.05) is 30.3 Å². The van der Waals surface area contributed by atoms with Gasteiger partial charge in [-0.15, -0.1) is 24.0 Å². The van der Waals surface area contributed by atoms with Gasteiger partial charge in [0.15, 0.2) is 5.96 Å². The Morgan fingerprint density at radius 1 is 1.19 bits per heavy atom. The van der Waals surface area contributed by atoms with Crippen LogP contribution in [0.5, 0.6) is 0 Å². The number of hydrogen-bond donors (Lipinski definition) is 3. The molecule has 0 spiro atoms. The molecule has 0 saturated carbocycles. The number of benzene rings is 1. The van der Waals surface area contributed by atoms with Crippen LogP contribution in [-0.2, 0) is 24.9 Å². The number of aryl methyl sites for hydroxylation is 1. The Kier molecular flexibility index (Phi) is 10.3. The minimum Gasteiger partial charge on any atom is -0.357 e. The molecule has 142 valence electrons. The van der Waals surface area contributed by atoms with Gasteiger partial charge in [0, 0.05) is 33.1 Å². The molecule has 26 heavy (non-hydrogen) atoms. The number of carbonyl (C=O) groups excluding carboxylic acids is 1. The predicted molar refractivity (Wildman–Crippen MR) is 112 cm³/mol. The number of guanidine groups is 1. The molecule has 0 saturated heterocycles. The molecule has 1 aromatic carbocycles. The number of aromatic nitrogens is 3. The topological polar surface area (TPSA) is 96.2 Å². The lowest BCUT2D eigenvalue weighted by Crippen LogP contribution is -2.39. The minimum absolute atomic E-state index is 0. The van der Waals surface area contributed by atoms with Gasteiger partial charge in [-0.25, -0.2) is 9.98 Å². The molecule has 2 aromatic rings. The number of hydrogen-bond acceptors (Lipinski definition) is 4. The quantitative estimate of drug-likeness (QED) is 0.306. The van der Waals surface area contributed by atoms with Crippen LogP contribution in [0.3, 0.4) is 0 Å². The molecule has 0 radical (unpaired) electrons. The van der Waals surface area contributed by atoms with Gasteiger partial charge >= 0.3 is 0 Å². The maximum atomic E-state index is 11.9. The molecule has 0 bridgehead atoms. The van der Waals surface area contributed by atoms with Gasteiger partial charge in [-0.2, -0.15) is 5.10 Å². The van der Waals surface area contributed by atoms with Crippen LogP contribution in [0.4, 0.5) is 0 Å². The summed E-state index contributed by atoms with van der Waals surface area (Å²) >= 11 is 0. The van der Waals surface area contributed by atoms with Crippen molar-refractivity contribution in [3.05, 3.63) is 48.0 Å². The fourth-order valence-corrected chi connectivity index (χ4v) is 2.13. The molecule has 0 aliphatic heterocycles. The van der Waals surface area contributed by atoms with Crippen LogP contribution in [-0.4, -0.2) is 39.7 Å². The fraction of sp³-hybridized carbons (Fsp3) is 0.412. The van der Waals surface area contributed by atoms with Crippen molar-refractivity contribution in [2.24, 2.45) is 12.0 Å². The summed E-state index contributed by atoms with van der Waals surface area (Å²) in [7, 11) is 1.83. The van der Waals surface area contributed by atoms with Crippen LogP contribution in [0, 0.1) is 0 Å². The van der Waals surface area contributed by atoms with E-state index in [4.69, 9.17) is 0 Å². The maximum absolute atomic E-state index is 11.9. The van der Waals surface area contributed by atoms with E-state index in [1.54, 1.807) is 4.68 Å². The van der Waals surface area contributed by atoms with E-state index < -0.39 is 0 Å². The zero-order valence-electron chi connectivity index (χ0n) is 15.1. The zero-order chi connectivity index (χ0) is 17.9. The lowest BCUT2D eigenvalue weighted by atomic mass is 10.2. The summed E-state index contributed by atoms with van der Waals surface area (Å²) in [4.78, 5) is 20.5. The molecule has 0 aliphatic carbocycles. The molecule has 0 unspecified atom stereocenters. The molecule has 8 nitrogen and oxygen atoms in total. The molecule has 2 rings (SSSR count). The van der Waals surface area contributed by atoms with Crippen molar-refractivity contribution in [3.63, 3.8) is 0 Å². The molecule has 0 atom stereocenters. The second-order valence-corrected chi connectivity index (χ2v) is 5.43. The van der Waals surface area contributed by atoms with Gasteiger partial charge in [0.25, 0.3) is 0 Å². The minimum atomic E-state index is 0. The Morgan fingerprint density at radius 3 is 2.62 bits per heavy atom. The molecular formula is C17H26IN7O. The van der Waals surface area contributed by atoms with E-state index in [2.05, 4.69) is 31.0 Å². The maximum Gasteiger partial charge on any atom is 0.222 e. The third-order valence-corrected chi connectivity index (χ3v) is 3.50. The van der Waals surface area contributed by atoms with Crippen molar-refractivity contribution >= 4 is 35.8 Å². The van der Waals surface area contributed by atoms with Gasteiger partial charge in [-0.3, -0.25) is 9.48 Å². The van der Waals surface area contributed by atoms with Crippen molar-refractivity contribution < 1.29 is 4.79 Å². The van der Waals surface area contributed by atoms with E-state index >= 15 is 0 Å². The van der Waals surface area contributed by atoms with Crippen molar-refractivity contribution in [1.82, 2.24) is 30.7 Å². The van der Waals surface area contributed by atoms with E-state index in [0.717, 1.165) is 17.9 Å². The van der Waals surface area contributed by atoms with Crippen LogP contribution in [0.1, 0.15) is 24.7 Å². The number of halogens is 1. The number of carbonyl (C=O) groups is 1. The van der Waals surface area contributed by atoms with Crippen molar-refractivity contribution in [1.29, 1.82) is 0 Å². The second kappa shape index (κ2) is 12.2. The summed E-state index contributed by atoms with van der Waals surface area (Å²) < 4.78 is 1.68. The summed E-state index contributed by atoms with van der Waals surface area (Å²) in [5.41, 5.74) is 1.09. The summed E-state index contributed by atoms with van der Waals surface area (Å²) in [5.74, 6) is 1.43. The molecule has 1 amide bonds. The first-order chi connectivity index (χ1) is 12.2. The summed E-state index contributed by atoms with van der Waals surface area (Å²) in [5, 5.41) is 13.2. The highest BCUT2D eigenvalue weighted by molar-refractivity contribution is 14.0. The average molecular weight is 471 g/mol. The number of rotatable bonds is 8. The first-order valence-electron chi connectivity index (χ1n) is 8.34. The summed E-state index contributed by atoms with van der Waals surface area (Å²) in [6.45, 7) is 4.20. The molecular weight excluding hydrogens is 445 g/mol. The van der Waals surface area contributed by atoms with Gasteiger partial charge in [0.1, 0.15) is 18.7 Å². The van der Waals surface area contributed by atoms with Gasteiger partial charge in [0.2, 0.25) is 5.91 Å². The molecule has 0 aliphatic rings. The number of aliphatic imine (C=N–C) groups is 1. The molecule has 9 heteroatoms. The van der Waals surface area contributed by atoms with Crippen LogP contribution in [0.2, 0.25) is 0 Å². The van der Waals surface area contributed by atoms with E-state index in [1.165, 1.54) is 6.33 Å². The van der Waals surface area contributed by atoms with E-state index in [-0.39, 0.29) is 29.9 Å². The van der Waals surface area contributed by atoms with Crippen molar-refractivity contribution in [2.75, 3.05) is 13.1 Å². The highest BCUT2D eigenvalue weighted by atomic mass is 127. The fourth-order valence-electron chi connectivity index (χ4n) is 2.13. The lowest BCUT2D eigenvalue weighted by Gasteiger charge is -2.11. The lowest BCUT2D eigenvalue weighted by molar-refractivity contribution is -0.121. The largest absolute Gasteiger partial charge is 0.357 e. The van der Waals surface area contributed by atoms with Crippen molar-refractivity contribution in [2.45, 2.75) is 26.4 Å². The van der Waals surface area contributed by atoms with Gasteiger partial charge < -0.3 is 16.0 Å². The first kappa shape index (κ1) is 21.9.